The Bertz CT molecular complexity index is 836. The molecule has 0 bridgehead atoms. The highest BCUT2D eigenvalue weighted by Crippen LogP contribution is 2.44. The highest BCUT2D eigenvalue weighted by Gasteiger charge is 2.46. The molecule has 5 nitrogen and oxygen atoms in total. The van der Waals surface area contributed by atoms with Crippen LogP contribution in [0.5, 0.6) is 0 Å². The van der Waals surface area contributed by atoms with E-state index in [9.17, 15) is 8.42 Å². The van der Waals surface area contributed by atoms with Crippen molar-refractivity contribution in [2.45, 2.75) is 36.3 Å². The molecule has 2 heterocycles. The van der Waals surface area contributed by atoms with E-state index in [0.29, 0.717) is 13.1 Å². The summed E-state index contributed by atoms with van der Waals surface area (Å²) >= 11 is 1.60. The van der Waals surface area contributed by atoms with Crippen LogP contribution in [0.2, 0.25) is 0 Å². The van der Waals surface area contributed by atoms with Crippen LogP contribution in [-0.2, 0) is 15.4 Å². The van der Waals surface area contributed by atoms with Crippen molar-refractivity contribution >= 4 is 26.5 Å². The maximum Gasteiger partial charge on any atom is 0.216 e. The van der Waals surface area contributed by atoms with Gasteiger partial charge in [0.25, 0.3) is 0 Å². The molecule has 0 atom stereocenters. The molecule has 2 aromatic rings. The van der Waals surface area contributed by atoms with Crippen molar-refractivity contribution in [3.05, 3.63) is 47.0 Å². The van der Waals surface area contributed by atoms with Crippen LogP contribution in [0.15, 0.2) is 35.7 Å². The van der Waals surface area contributed by atoms with E-state index in [-0.39, 0.29) is 10.7 Å². The Morgan fingerprint density at radius 1 is 1.20 bits per heavy atom. The van der Waals surface area contributed by atoms with Gasteiger partial charge in [0.1, 0.15) is 0 Å². The zero-order chi connectivity index (χ0) is 17.5. The molecule has 1 aromatic carbocycles. The van der Waals surface area contributed by atoms with Gasteiger partial charge >= 0.3 is 0 Å². The molecule has 1 aliphatic carbocycles. The summed E-state index contributed by atoms with van der Waals surface area (Å²) in [5, 5.41) is 6.00. The van der Waals surface area contributed by atoms with Gasteiger partial charge in [-0.05, 0) is 31.2 Å². The second-order valence-electron chi connectivity index (χ2n) is 6.88. The lowest BCUT2D eigenvalue weighted by Gasteiger charge is -2.41. The van der Waals surface area contributed by atoms with Gasteiger partial charge in [-0.3, -0.25) is 0 Å². The average molecular weight is 378 g/mol. The fourth-order valence-electron chi connectivity index (χ4n) is 3.76. The number of hydrogen-bond acceptors (Lipinski definition) is 5. The quantitative estimate of drug-likeness (QED) is 0.870. The summed E-state index contributed by atoms with van der Waals surface area (Å²) in [6, 6.07) is 10.4. The molecule has 2 fully saturated rings. The highest BCUT2D eigenvalue weighted by atomic mass is 32.2. The number of thiazole rings is 1. The number of anilines is 1. The summed E-state index contributed by atoms with van der Waals surface area (Å²) in [7, 11) is -1.22. The number of hydrogen-bond donors (Lipinski definition) is 1. The molecule has 2 aliphatic rings. The van der Waals surface area contributed by atoms with Crippen molar-refractivity contribution in [2.75, 3.05) is 25.5 Å². The zero-order valence-electron chi connectivity index (χ0n) is 14.3. The Morgan fingerprint density at radius 3 is 2.44 bits per heavy atom. The smallest absolute Gasteiger partial charge is 0.216 e. The number of aromatic nitrogens is 1. The molecule has 4 rings (SSSR count). The molecule has 25 heavy (non-hydrogen) atoms. The summed E-state index contributed by atoms with van der Waals surface area (Å²) in [6.07, 6.45) is 3.19. The van der Waals surface area contributed by atoms with Gasteiger partial charge in [-0.1, -0.05) is 30.3 Å². The number of benzene rings is 1. The van der Waals surface area contributed by atoms with E-state index in [4.69, 9.17) is 4.98 Å². The van der Waals surface area contributed by atoms with Crippen LogP contribution < -0.4 is 5.32 Å². The second-order valence-corrected chi connectivity index (χ2v) is 9.95. The molecule has 0 radical (unpaired) electrons. The molecule has 0 spiro atoms. The van der Waals surface area contributed by atoms with E-state index < -0.39 is 10.0 Å². The molecular formula is C18H23N3O2S2. The first kappa shape index (κ1) is 17.0. The molecule has 134 valence electrons. The van der Waals surface area contributed by atoms with Crippen LogP contribution in [0.4, 0.5) is 5.13 Å². The predicted molar refractivity (Wildman–Crippen MR) is 102 cm³/mol. The van der Waals surface area contributed by atoms with Crippen LogP contribution in [0, 0.1) is 0 Å². The zero-order valence-corrected chi connectivity index (χ0v) is 15.9. The number of nitrogens with zero attached hydrogens (tertiary/aromatic N) is 2. The third-order valence-corrected chi connectivity index (χ3v) is 8.67. The topological polar surface area (TPSA) is 62.3 Å². The third-order valence-electron chi connectivity index (χ3n) is 5.42. The van der Waals surface area contributed by atoms with Crippen LogP contribution in [0.3, 0.4) is 0 Å². The molecule has 7 heteroatoms. The number of nitrogens with one attached hydrogen (secondary N) is 1. The van der Waals surface area contributed by atoms with Gasteiger partial charge in [0.2, 0.25) is 10.0 Å². The van der Waals surface area contributed by atoms with Gasteiger partial charge in [0.05, 0.1) is 10.9 Å². The Labute approximate surface area is 153 Å². The number of piperidine rings is 1. The highest BCUT2D eigenvalue weighted by molar-refractivity contribution is 7.90. The van der Waals surface area contributed by atoms with Crippen molar-refractivity contribution in [3.63, 3.8) is 0 Å². The van der Waals surface area contributed by atoms with E-state index in [1.165, 1.54) is 5.56 Å². The van der Waals surface area contributed by atoms with Gasteiger partial charge in [-0.2, -0.15) is 0 Å². The molecule has 1 aliphatic heterocycles. The lowest BCUT2D eigenvalue weighted by molar-refractivity contribution is 0.262. The van der Waals surface area contributed by atoms with Crippen LogP contribution in [-0.4, -0.2) is 43.1 Å². The average Bonchev–Trinajstić information content (AvgIpc) is 3.41. The Kier molecular flexibility index (Phi) is 4.33. The van der Waals surface area contributed by atoms with Gasteiger partial charge in [0, 0.05) is 30.9 Å². The Hall–Kier alpha value is -1.44. The predicted octanol–water partition coefficient (Wildman–Crippen LogP) is 3.06. The lowest BCUT2D eigenvalue weighted by atomic mass is 9.71. The van der Waals surface area contributed by atoms with E-state index in [2.05, 4.69) is 35.0 Å². The minimum absolute atomic E-state index is 0.133. The molecule has 1 N–H and O–H groups in total. The molecular weight excluding hydrogens is 354 g/mol. The first-order valence-corrected chi connectivity index (χ1v) is 11.1. The first-order valence-electron chi connectivity index (χ1n) is 8.74. The van der Waals surface area contributed by atoms with Crippen molar-refractivity contribution in [1.82, 2.24) is 9.29 Å². The van der Waals surface area contributed by atoms with Crippen molar-refractivity contribution in [1.29, 1.82) is 0 Å². The maximum atomic E-state index is 12.6. The van der Waals surface area contributed by atoms with Gasteiger partial charge in [-0.15, -0.1) is 11.3 Å². The van der Waals surface area contributed by atoms with E-state index >= 15 is 0 Å². The molecule has 1 saturated heterocycles. The Balaban J connectivity index is 1.67. The van der Waals surface area contributed by atoms with Crippen molar-refractivity contribution in [3.8, 4) is 0 Å². The SMILES string of the molecule is CNc1nc(C2(c3ccccc3)CCN(S(=O)(=O)C3CC3)CC2)cs1. The number of sulfonamides is 1. The summed E-state index contributed by atoms with van der Waals surface area (Å²) < 4.78 is 26.9. The third kappa shape index (κ3) is 2.98. The summed E-state index contributed by atoms with van der Waals surface area (Å²) in [5.41, 5.74) is 2.07. The minimum Gasteiger partial charge on any atom is -0.365 e. The van der Waals surface area contributed by atoms with E-state index in [0.717, 1.165) is 36.5 Å². The minimum atomic E-state index is -3.10. The molecule has 0 unspecified atom stereocenters. The summed E-state index contributed by atoms with van der Waals surface area (Å²) in [6.45, 7) is 1.14. The van der Waals surface area contributed by atoms with E-state index in [1.54, 1.807) is 15.6 Å². The van der Waals surface area contributed by atoms with Crippen molar-refractivity contribution in [2.24, 2.45) is 0 Å². The van der Waals surface area contributed by atoms with Gasteiger partial charge in [-0.25, -0.2) is 17.7 Å². The first-order chi connectivity index (χ1) is 12.1. The summed E-state index contributed by atoms with van der Waals surface area (Å²) in [4.78, 5) is 4.78. The standard InChI is InChI=1S/C18H23N3O2S2/c1-19-17-20-16(13-24-17)18(14-5-3-2-4-6-14)9-11-21(12-10-18)25(22,23)15-7-8-15/h2-6,13,15H,7-12H2,1H3,(H,19,20). The van der Waals surface area contributed by atoms with Crippen LogP contribution >= 0.6 is 11.3 Å². The maximum absolute atomic E-state index is 12.6. The fraction of sp³-hybridized carbons (Fsp3) is 0.500. The molecule has 1 aromatic heterocycles. The second kappa shape index (κ2) is 6.37. The monoisotopic (exact) mass is 377 g/mol. The van der Waals surface area contributed by atoms with Crippen LogP contribution in [0.25, 0.3) is 0 Å². The largest absolute Gasteiger partial charge is 0.365 e. The normalized spacial score (nSPS) is 21.2. The Morgan fingerprint density at radius 2 is 1.88 bits per heavy atom. The molecule has 1 saturated carbocycles. The van der Waals surface area contributed by atoms with Crippen LogP contribution in [0.1, 0.15) is 36.9 Å². The van der Waals surface area contributed by atoms with Crippen molar-refractivity contribution < 1.29 is 8.42 Å². The molecule has 0 amide bonds. The van der Waals surface area contributed by atoms with Gasteiger partial charge in [0.15, 0.2) is 5.13 Å². The summed E-state index contributed by atoms with van der Waals surface area (Å²) in [5.74, 6) is 0. The number of rotatable bonds is 5. The fourth-order valence-corrected chi connectivity index (χ4v) is 6.37. The van der Waals surface area contributed by atoms with Gasteiger partial charge < -0.3 is 5.32 Å². The van der Waals surface area contributed by atoms with E-state index in [1.807, 2.05) is 13.1 Å². The lowest BCUT2D eigenvalue weighted by Crippen LogP contribution is -2.46.